The van der Waals surface area contributed by atoms with Gasteiger partial charge in [0, 0.05) is 35.8 Å². The predicted molar refractivity (Wildman–Crippen MR) is 108 cm³/mol. The summed E-state index contributed by atoms with van der Waals surface area (Å²) in [4.78, 5) is 31.5. The molecule has 0 saturated carbocycles. The largest absolute Gasteiger partial charge is 0.308 e. The number of anilines is 1. The Labute approximate surface area is 164 Å². The zero-order chi connectivity index (χ0) is 19.6. The van der Waals surface area contributed by atoms with Crippen LogP contribution in [0.25, 0.3) is 10.2 Å². The standard InChI is InChI=1S/C18H17ClN4O3S/c1-21(2)9-10-22(17(24)12-3-6-14(7-4-12)23(25)26)18-20-15-8-5-13(19)11-16(15)27-18/h3-8,11H,9-10H2,1-2H3. The second-order valence-corrected chi connectivity index (χ2v) is 7.62. The van der Waals surface area contributed by atoms with Crippen molar-refractivity contribution < 1.29 is 9.72 Å². The third-order valence-electron chi connectivity index (χ3n) is 3.91. The first-order chi connectivity index (χ1) is 12.8. The molecule has 1 heterocycles. The van der Waals surface area contributed by atoms with E-state index in [9.17, 15) is 14.9 Å². The maximum Gasteiger partial charge on any atom is 0.269 e. The Morgan fingerprint density at radius 2 is 1.89 bits per heavy atom. The van der Waals surface area contributed by atoms with Gasteiger partial charge in [-0.2, -0.15) is 0 Å². The van der Waals surface area contributed by atoms with Crippen LogP contribution < -0.4 is 4.90 Å². The quantitative estimate of drug-likeness (QED) is 0.457. The zero-order valence-electron chi connectivity index (χ0n) is 14.8. The van der Waals surface area contributed by atoms with Gasteiger partial charge in [-0.25, -0.2) is 4.98 Å². The van der Waals surface area contributed by atoms with E-state index in [1.54, 1.807) is 11.0 Å². The fraction of sp³-hybridized carbons (Fsp3) is 0.222. The third-order valence-corrected chi connectivity index (χ3v) is 5.19. The average molecular weight is 405 g/mol. The lowest BCUT2D eigenvalue weighted by atomic mass is 10.2. The molecule has 0 unspecified atom stereocenters. The fourth-order valence-corrected chi connectivity index (χ4v) is 3.73. The van der Waals surface area contributed by atoms with E-state index in [1.165, 1.54) is 35.6 Å². The number of thiazole rings is 1. The topological polar surface area (TPSA) is 79.6 Å². The van der Waals surface area contributed by atoms with E-state index in [2.05, 4.69) is 4.98 Å². The van der Waals surface area contributed by atoms with E-state index in [0.717, 1.165) is 10.2 Å². The molecule has 0 fully saturated rings. The van der Waals surface area contributed by atoms with Gasteiger partial charge in [0.2, 0.25) is 0 Å². The molecule has 3 aromatic rings. The monoisotopic (exact) mass is 404 g/mol. The minimum atomic E-state index is -0.491. The molecular formula is C18H17ClN4O3S. The van der Waals surface area contributed by atoms with Crippen LogP contribution >= 0.6 is 22.9 Å². The van der Waals surface area contributed by atoms with Gasteiger partial charge in [-0.3, -0.25) is 19.8 Å². The van der Waals surface area contributed by atoms with Crippen LogP contribution in [0.3, 0.4) is 0 Å². The molecule has 7 nitrogen and oxygen atoms in total. The Balaban J connectivity index is 1.95. The van der Waals surface area contributed by atoms with Crippen LogP contribution in [0, 0.1) is 10.1 Å². The number of hydrogen-bond acceptors (Lipinski definition) is 6. The van der Waals surface area contributed by atoms with Crippen molar-refractivity contribution in [3.8, 4) is 0 Å². The number of carbonyl (C=O) groups excluding carboxylic acids is 1. The lowest BCUT2D eigenvalue weighted by molar-refractivity contribution is -0.384. The molecule has 0 N–H and O–H groups in total. The summed E-state index contributed by atoms with van der Waals surface area (Å²) < 4.78 is 0.892. The number of nitrogens with zero attached hydrogens (tertiary/aromatic N) is 4. The Hall–Kier alpha value is -2.55. The number of aromatic nitrogens is 1. The number of amides is 1. The maximum atomic E-state index is 13.1. The maximum absolute atomic E-state index is 13.1. The summed E-state index contributed by atoms with van der Waals surface area (Å²) in [5, 5.41) is 12.0. The smallest absolute Gasteiger partial charge is 0.269 e. The van der Waals surface area contributed by atoms with E-state index in [4.69, 9.17) is 11.6 Å². The SMILES string of the molecule is CN(C)CCN(C(=O)c1ccc([N+](=O)[O-])cc1)c1nc2ccc(Cl)cc2s1. The first kappa shape index (κ1) is 19.2. The Morgan fingerprint density at radius 1 is 1.19 bits per heavy atom. The van der Waals surface area contributed by atoms with Crippen LogP contribution in [0.2, 0.25) is 5.02 Å². The van der Waals surface area contributed by atoms with Crippen molar-refractivity contribution in [3.63, 3.8) is 0 Å². The van der Waals surface area contributed by atoms with Crippen molar-refractivity contribution in [1.29, 1.82) is 0 Å². The molecule has 0 aliphatic rings. The molecule has 0 aliphatic carbocycles. The van der Waals surface area contributed by atoms with Gasteiger partial charge in [0.05, 0.1) is 15.1 Å². The first-order valence-electron chi connectivity index (χ1n) is 8.12. The molecule has 1 aromatic heterocycles. The fourth-order valence-electron chi connectivity index (χ4n) is 2.47. The molecule has 1 amide bonds. The van der Waals surface area contributed by atoms with E-state index in [-0.39, 0.29) is 11.6 Å². The van der Waals surface area contributed by atoms with Crippen LogP contribution in [0.5, 0.6) is 0 Å². The van der Waals surface area contributed by atoms with Crippen molar-refractivity contribution in [2.45, 2.75) is 0 Å². The molecule has 0 bridgehead atoms. The number of hydrogen-bond donors (Lipinski definition) is 0. The van der Waals surface area contributed by atoms with Crippen molar-refractivity contribution >= 4 is 49.9 Å². The third kappa shape index (κ3) is 4.41. The highest BCUT2D eigenvalue weighted by Crippen LogP contribution is 2.31. The summed E-state index contributed by atoms with van der Waals surface area (Å²) in [5.41, 5.74) is 1.09. The molecular weight excluding hydrogens is 388 g/mol. The summed E-state index contributed by atoms with van der Waals surface area (Å²) >= 11 is 7.43. The number of benzene rings is 2. The Kier molecular flexibility index (Phi) is 5.69. The van der Waals surface area contributed by atoms with Gasteiger partial charge in [0.1, 0.15) is 0 Å². The van der Waals surface area contributed by atoms with Crippen molar-refractivity contribution in [1.82, 2.24) is 9.88 Å². The van der Waals surface area contributed by atoms with Gasteiger partial charge in [-0.05, 0) is 44.4 Å². The minimum absolute atomic E-state index is 0.0546. The molecule has 0 radical (unpaired) electrons. The molecule has 27 heavy (non-hydrogen) atoms. The Morgan fingerprint density at radius 3 is 2.52 bits per heavy atom. The second-order valence-electron chi connectivity index (χ2n) is 6.17. The summed E-state index contributed by atoms with van der Waals surface area (Å²) in [6.45, 7) is 1.09. The van der Waals surface area contributed by atoms with Gasteiger partial charge in [-0.1, -0.05) is 22.9 Å². The van der Waals surface area contributed by atoms with Crippen LogP contribution in [-0.2, 0) is 0 Å². The van der Waals surface area contributed by atoms with E-state index in [0.29, 0.717) is 28.8 Å². The number of nitro benzene ring substituents is 1. The number of fused-ring (bicyclic) bond motifs is 1. The molecule has 0 spiro atoms. The first-order valence-corrected chi connectivity index (χ1v) is 9.32. The van der Waals surface area contributed by atoms with Gasteiger partial charge in [-0.15, -0.1) is 0 Å². The molecule has 3 rings (SSSR count). The van der Waals surface area contributed by atoms with Gasteiger partial charge in [0.25, 0.3) is 11.6 Å². The Bertz CT molecular complexity index is 988. The summed E-state index contributed by atoms with van der Waals surface area (Å²) in [5.74, 6) is -0.253. The summed E-state index contributed by atoms with van der Waals surface area (Å²) in [6, 6.07) is 11.0. The van der Waals surface area contributed by atoms with Gasteiger partial charge < -0.3 is 4.90 Å². The van der Waals surface area contributed by atoms with Crippen molar-refractivity contribution in [3.05, 3.63) is 63.2 Å². The number of carbonyl (C=O) groups is 1. The molecule has 0 atom stereocenters. The highest BCUT2D eigenvalue weighted by molar-refractivity contribution is 7.22. The molecule has 140 valence electrons. The highest BCUT2D eigenvalue weighted by Gasteiger charge is 2.22. The van der Waals surface area contributed by atoms with E-state index in [1.807, 2.05) is 31.1 Å². The predicted octanol–water partition coefficient (Wildman–Crippen LogP) is 4.07. The number of nitro groups is 1. The molecule has 2 aromatic carbocycles. The average Bonchev–Trinajstić information content (AvgIpc) is 3.04. The second kappa shape index (κ2) is 7.99. The molecule has 0 aliphatic heterocycles. The van der Waals surface area contributed by atoms with Crippen LogP contribution in [-0.4, -0.2) is 47.9 Å². The normalized spacial score (nSPS) is 11.1. The summed E-state index contributed by atoms with van der Waals surface area (Å²) in [6.07, 6.45) is 0. The number of halogens is 1. The van der Waals surface area contributed by atoms with Crippen LogP contribution in [0.4, 0.5) is 10.8 Å². The van der Waals surface area contributed by atoms with Crippen molar-refractivity contribution in [2.24, 2.45) is 0 Å². The van der Waals surface area contributed by atoms with Gasteiger partial charge in [0.15, 0.2) is 5.13 Å². The highest BCUT2D eigenvalue weighted by atomic mass is 35.5. The lowest BCUT2D eigenvalue weighted by Gasteiger charge is -2.22. The minimum Gasteiger partial charge on any atom is -0.308 e. The number of rotatable bonds is 6. The molecule has 0 saturated heterocycles. The molecule has 9 heteroatoms. The van der Waals surface area contributed by atoms with Crippen LogP contribution in [0.1, 0.15) is 10.4 Å². The summed E-state index contributed by atoms with van der Waals surface area (Å²) in [7, 11) is 3.85. The lowest BCUT2D eigenvalue weighted by Crippen LogP contribution is -2.36. The number of non-ortho nitro benzene ring substituents is 1. The number of likely N-dealkylation sites (N-methyl/N-ethyl adjacent to an activating group) is 1. The van der Waals surface area contributed by atoms with Crippen molar-refractivity contribution in [2.75, 3.05) is 32.1 Å². The van der Waals surface area contributed by atoms with Gasteiger partial charge >= 0.3 is 0 Å². The van der Waals surface area contributed by atoms with Crippen LogP contribution in [0.15, 0.2) is 42.5 Å². The van der Waals surface area contributed by atoms with E-state index >= 15 is 0 Å². The van der Waals surface area contributed by atoms with E-state index < -0.39 is 4.92 Å². The zero-order valence-corrected chi connectivity index (χ0v) is 16.3.